The third-order valence-corrected chi connectivity index (χ3v) is 3.30. The summed E-state index contributed by atoms with van der Waals surface area (Å²) in [6, 6.07) is 7.86. The molecule has 0 saturated heterocycles. The molecule has 4 nitrogen and oxygen atoms in total. The fourth-order valence-electron chi connectivity index (χ4n) is 1.93. The van der Waals surface area contributed by atoms with Crippen LogP contribution in [-0.4, -0.2) is 19.3 Å². The zero-order chi connectivity index (χ0) is 13.2. The number of hydrogen-bond acceptors (Lipinski definition) is 4. The van der Waals surface area contributed by atoms with E-state index in [1.165, 1.54) is 0 Å². The molecule has 1 unspecified atom stereocenters. The number of benzene rings is 1. The summed E-state index contributed by atoms with van der Waals surface area (Å²) in [4.78, 5) is 0. The summed E-state index contributed by atoms with van der Waals surface area (Å²) in [6.07, 6.45) is 2.02. The summed E-state index contributed by atoms with van der Waals surface area (Å²) in [7, 11) is 1.60. The van der Waals surface area contributed by atoms with E-state index in [0.717, 1.165) is 18.4 Å². The van der Waals surface area contributed by atoms with E-state index >= 15 is 0 Å². The van der Waals surface area contributed by atoms with E-state index in [1.54, 1.807) is 7.11 Å². The van der Waals surface area contributed by atoms with Crippen molar-refractivity contribution < 1.29 is 9.47 Å². The lowest BCUT2D eigenvalue weighted by Crippen LogP contribution is -2.46. The van der Waals surface area contributed by atoms with E-state index in [-0.39, 0.29) is 12.5 Å². The van der Waals surface area contributed by atoms with Crippen LogP contribution in [0.3, 0.4) is 0 Å². The first-order valence-corrected chi connectivity index (χ1v) is 6.06. The zero-order valence-corrected chi connectivity index (χ0v) is 10.8. The number of ether oxygens (including phenoxy) is 2. The molecule has 0 aliphatic heterocycles. The van der Waals surface area contributed by atoms with Gasteiger partial charge in [-0.2, -0.15) is 5.26 Å². The lowest BCUT2D eigenvalue weighted by molar-refractivity contribution is 0.227. The number of methoxy groups -OCH3 is 1. The van der Waals surface area contributed by atoms with Crippen molar-refractivity contribution >= 4 is 0 Å². The van der Waals surface area contributed by atoms with Crippen LogP contribution in [0.5, 0.6) is 11.5 Å². The average Bonchev–Trinajstić information content (AvgIpc) is 3.21. The second kappa shape index (κ2) is 4.87. The highest BCUT2D eigenvalue weighted by atomic mass is 16.5. The van der Waals surface area contributed by atoms with Gasteiger partial charge in [0.05, 0.1) is 13.2 Å². The van der Waals surface area contributed by atoms with Gasteiger partial charge < -0.3 is 15.2 Å². The predicted molar refractivity (Wildman–Crippen MR) is 68.5 cm³/mol. The molecule has 1 aromatic carbocycles. The van der Waals surface area contributed by atoms with Crippen LogP contribution in [0.1, 0.15) is 18.4 Å². The monoisotopic (exact) mass is 246 g/mol. The first-order chi connectivity index (χ1) is 8.59. The van der Waals surface area contributed by atoms with Crippen molar-refractivity contribution in [3.63, 3.8) is 0 Å². The van der Waals surface area contributed by atoms with Gasteiger partial charge in [0.15, 0.2) is 11.5 Å². The molecule has 4 heteroatoms. The van der Waals surface area contributed by atoms with E-state index in [0.29, 0.717) is 11.5 Å². The molecular formula is C14H18N2O2. The van der Waals surface area contributed by atoms with E-state index in [1.807, 2.05) is 25.1 Å². The highest BCUT2D eigenvalue weighted by Crippen LogP contribution is 2.39. The zero-order valence-electron chi connectivity index (χ0n) is 10.8. The van der Waals surface area contributed by atoms with Gasteiger partial charge in [0.2, 0.25) is 0 Å². The average molecular weight is 246 g/mol. The molecule has 2 rings (SSSR count). The van der Waals surface area contributed by atoms with Crippen LogP contribution >= 0.6 is 0 Å². The Labute approximate surface area is 107 Å². The maximum atomic E-state index is 9.16. The minimum absolute atomic E-state index is 0.202. The number of rotatable bonds is 5. The molecule has 0 bridgehead atoms. The number of aryl methyl sites for hydroxylation is 1. The van der Waals surface area contributed by atoms with Crippen LogP contribution in [-0.2, 0) is 0 Å². The summed E-state index contributed by atoms with van der Waals surface area (Å²) in [5, 5.41) is 9.16. The molecule has 1 atom stereocenters. The van der Waals surface area contributed by atoms with Gasteiger partial charge in [-0.15, -0.1) is 0 Å². The molecule has 1 aliphatic carbocycles. The normalized spacial score (nSPS) is 17.7. The fraction of sp³-hybridized carbons (Fsp3) is 0.500. The van der Waals surface area contributed by atoms with Crippen LogP contribution in [0.2, 0.25) is 0 Å². The third-order valence-electron chi connectivity index (χ3n) is 3.30. The first kappa shape index (κ1) is 12.7. The van der Waals surface area contributed by atoms with Crippen molar-refractivity contribution in [1.82, 2.24) is 0 Å². The van der Waals surface area contributed by atoms with Gasteiger partial charge in [-0.1, -0.05) is 6.07 Å². The second-order valence-corrected chi connectivity index (χ2v) is 4.87. The van der Waals surface area contributed by atoms with Gasteiger partial charge in [0.25, 0.3) is 0 Å². The first-order valence-electron chi connectivity index (χ1n) is 6.06. The minimum atomic E-state index is -0.879. The van der Waals surface area contributed by atoms with Gasteiger partial charge >= 0.3 is 0 Å². The molecule has 0 amide bonds. The van der Waals surface area contributed by atoms with E-state index in [9.17, 15) is 0 Å². The molecule has 0 heterocycles. The molecule has 1 saturated carbocycles. The topological polar surface area (TPSA) is 68.3 Å². The van der Waals surface area contributed by atoms with Gasteiger partial charge in [-0.05, 0) is 43.4 Å². The van der Waals surface area contributed by atoms with Crippen LogP contribution in [0, 0.1) is 24.2 Å². The quantitative estimate of drug-likeness (QED) is 0.863. The Morgan fingerprint density at radius 2 is 2.17 bits per heavy atom. The van der Waals surface area contributed by atoms with Crippen LogP contribution in [0.25, 0.3) is 0 Å². The third kappa shape index (κ3) is 2.57. The van der Waals surface area contributed by atoms with Crippen LogP contribution in [0.4, 0.5) is 0 Å². The van der Waals surface area contributed by atoms with Crippen molar-refractivity contribution in [2.45, 2.75) is 25.3 Å². The number of nitrogens with two attached hydrogens (primary N) is 1. The molecular weight excluding hydrogens is 228 g/mol. The highest BCUT2D eigenvalue weighted by Gasteiger charge is 2.43. The molecule has 0 spiro atoms. The van der Waals surface area contributed by atoms with Gasteiger partial charge in [-0.25, -0.2) is 0 Å². The summed E-state index contributed by atoms with van der Waals surface area (Å²) >= 11 is 0. The van der Waals surface area contributed by atoms with Crippen LogP contribution in [0.15, 0.2) is 18.2 Å². The SMILES string of the molecule is COc1cc(C)ccc1OCC(N)(C#N)C1CC1. The smallest absolute Gasteiger partial charge is 0.161 e. The lowest BCUT2D eigenvalue weighted by Gasteiger charge is -2.22. The Morgan fingerprint density at radius 1 is 1.44 bits per heavy atom. The fourth-order valence-corrected chi connectivity index (χ4v) is 1.93. The number of hydrogen-bond donors (Lipinski definition) is 1. The van der Waals surface area contributed by atoms with E-state index in [4.69, 9.17) is 20.5 Å². The summed E-state index contributed by atoms with van der Waals surface area (Å²) in [6.45, 7) is 2.19. The Balaban J connectivity index is 2.08. The number of nitrogens with zero attached hydrogens (tertiary/aromatic N) is 1. The molecule has 2 N–H and O–H groups in total. The Hall–Kier alpha value is -1.73. The summed E-state index contributed by atoms with van der Waals surface area (Å²) < 4.78 is 10.9. The number of nitriles is 1. The van der Waals surface area contributed by atoms with Crippen molar-refractivity contribution in [2.24, 2.45) is 11.7 Å². The largest absolute Gasteiger partial charge is 0.493 e. The molecule has 1 fully saturated rings. The van der Waals surface area contributed by atoms with Gasteiger partial charge in [0.1, 0.15) is 12.1 Å². The van der Waals surface area contributed by atoms with Crippen molar-refractivity contribution in [2.75, 3.05) is 13.7 Å². The molecule has 1 aromatic rings. The molecule has 18 heavy (non-hydrogen) atoms. The van der Waals surface area contributed by atoms with Crippen molar-refractivity contribution in [1.29, 1.82) is 5.26 Å². The summed E-state index contributed by atoms with van der Waals surface area (Å²) in [5.41, 5.74) is 6.26. The summed E-state index contributed by atoms with van der Waals surface area (Å²) in [5.74, 6) is 1.57. The molecule has 0 radical (unpaired) electrons. The van der Waals surface area contributed by atoms with Gasteiger partial charge in [-0.3, -0.25) is 0 Å². The van der Waals surface area contributed by atoms with Crippen LogP contribution < -0.4 is 15.2 Å². The lowest BCUT2D eigenvalue weighted by atomic mass is 9.98. The van der Waals surface area contributed by atoms with Gasteiger partial charge in [0, 0.05) is 0 Å². The van der Waals surface area contributed by atoms with Crippen molar-refractivity contribution in [3.05, 3.63) is 23.8 Å². The second-order valence-electron chi connectivity index (χ2n) is 4.87. The minimum Gasteiger partial charge on any atom is -0.493 e. The van der Waals surface area contributed by atoms with E-state index in [2.05, 4.69) is 6.07 Å². The Bertz CT molecular complexity index is 477. The standard InChI is InChI=1S/C14H18N2O2/c1-10-3-6-12(13(7-10)17-2)18-9-14(16,8-15)11-4-5-11/h3,6-7,11H,4-5,9,16H2,1-2H3. The Morgan fingerprint density at radius 3 is 2.72 bits per heavy atom. The maximum absolute atomic E-state index is 9.16. The van der Waals surface area contributed by atoms with Crippen molar-refractivity contribution in [3.8, 4) is 17.6 Å². The van der Waals surface area contributed by atoms with E-state index < -0.39 is 5.54 Å². The molecule has 0 aromatic heterocycles. The Kier molecular flexibility index (Phi) is 3.44. The predicted octanol–water partition coefficient (Wildman–Crippen LogP) is 2.01. The maximum Gasteiger partial charge on any atom is 0.161 e. The molecule has 1 aliphatic rings. The highest BCUT2D eigenvalue weighted by molar-refractivity contribution is 5.42. The molecule has 96 valence electrons.